The molecule has 1 unspecified atom stereocenters. The molecule has 0 aliphatic carbocycles. The zero-order valence-corrected chi connectivity index (χ0v) is 16.9. The Bertz CT molecular complexity index is 862. The molecule has 7 heteroatoms. The number of hydrogen-bond acceptors (Lipinski definition) is 4. The quantitative estimate of drug-likeness (QED) is 0.752. The Hall–Kier alpha value is -2.54. The fourth-order valence-corrected chi connectivity index (χ4v) is 3.01. The van der Waals surface area contributed by atoms with Gasteiger partial charge in [-0.3, -0.25) is 9.10 Å². The lowest BCUT2D eigenvalue weighted by Crippen LogP contribution is -2.31. The van der Waals surface area contributed by atoms with Crippen LogP contribution in [0.25, 0.3) is 0 Å². The summed E-state index contributed by atoms with van der Waals surface area (Å²) in [6.07, 6.45) is 2.12. The highest BCUT2D eigenvalue weighted by atomic mass is 32.2. The lowest BCUT2D eigenvalue weighted by molar-refractivity contribution is -0.123. The zero-order valence-electron chi connectivity index (χ0n) is 16.1. The molecular weight excluding hydrogens is 364 g/mol. The van der Waals surface area contributed by atoms with Gasteiger partial charge in [0.1, 0.15) is 5.75 Å². The van der Waals surface area contributed by atoms with Gasteiger partial charge in [0.15, 0.2) is 6.61 Å². The molecule has 0 saturated carbocycles. The Morgan fingerprint density at radius 2 is 1.70 bits per heavy atom. The van der Waals surface area contributed by atoms with Crippen molar-refractivity contribution in [2.45, 2.75) is 26.3 Å². The van der Waals surface area contributed by atoms with Gasteiger partial charge in [0, 0.05) is 7.05 Å². The van der Waals surface area contributed by atoms with Gasteiger partial charge in [-0.1, -0.05) is 31.2 Å². The number of amides is 1. The second-order valence-electron chi connectivity index (χ2n) is 6.40. The summed E-state index contributed by atoms with van der Waals surface area (Å²) in [6, 6.07) is 14.6. The van der Waals surface area contributed by atoms with Crippen LogP contribution in [0.5, 0.6) is 5.75 Å². The van der Waals surface area contributed by atoms with Gasteiger partial charge >= 0.3 is 0 Å². The van der Waals surface area contributed by atoms with Crippen molar-refractivity contribution < 1.29 is 17.9 Å². The standard InChI is InChI=1S/C20H26N2O4S/c1-5-16-6-8-17(9-7-16)15(2)21-20(23)14-26-19-12-10-18(11-13-19)22(3)27(4,24)25/h6-13,15H,5,14H2,1-4H3,(H,21,23). The van der Waals surface area contributed by atoms with Gasteiger partial charge < -0.3 is 10.1 Å². The molecule has 0 fully saturated rings. The molecule has 0 bridgehead atoms. The van der Waals surface area contributed by atoms with Gasteiger partial charge in [0.25, 0.3) is 5.91 Å². The number of anilines is 1. The summed E-state index contributed by atoms with van der Waals surface area (Å²) < 4.78 is 29.7. The lowest BCUT2D eigenvalue weighted by atomic mass is 10.1. The maximum Gasteiger partial charge on any atom is 0.258 e. The highest BCUT2D eigenvalue weighted by Crippen LogP contribution is 2.20. The van der Waals surface area contributed by atoms with Crippen molar-refractivity contribution >= 4 is 21.6 Å². The van der Waals surface area contributed by atoms with Crippen molar-refractivity contribution in [3.8, 4) is 5.75 Å². The van der Waals surface area contributed by atoms with Crippen LogP contribution >= 0.6 is 0 Å². The lowest BCUT2D eigenvalue weighted by Gasteiger charge is -2.17. The van der Waals surface area contributed by atoms with E-state index in [-0.39, 0.29) is 18.6 Å². The molecule has 1 amide bonds. The molecule has 0 aliphatic rings. The van der Waals surface area contributed by atoms with Crippen molar-refractivity contribution in [3.05, 3.63) is 59.7 Å². The molecular formula is C20H26N2O4S. The van der Waals surface area contributed by atoms with Crippen LogP contribution in [-0.4, -0.2) is 34.2 Å². The Kier molecular flexibility index (Phi) is 6.85. The second kappa shape index (κ2) is 8.90. The number of nitrogens with zero attached hydrogens (tertiary/aromatic N) is 1. The van der Waals surface area contributed by atoms with Crippen LogP contribution in [0.4, 0.5) is 5.69 Å². The van der Waals surface area contributed by atoms with E-state index in [9.17, 15) is 13.2 Å². The predicted octanol–water partition coefficient (Wildman–Crippen LogP) is 2.90. The number of ether oxygens (including phenoxy) is 1. The first-order chi connectivity index (χ1) is 12.7. The normalized spacial score (nSPS) is 12.3. The summed E-state index contributed by atoms with van der Waals surface area (Å²) >= 11 is 0. The van der Waals surface area contributed by atoms with E-state index >= 15 is 0 Å². The van der Waals surface area contributed by atoms with Gasteiger partial charge in [-0.2, -0.15) is 0 Å². The first-order valence-corrected chi connectivity index (χ1v) is 10.6. The third kappa shape index (κ3) is 5.99. The smallest absolute Gasteiger partial charge is 0.258 e. The molecule has 2 aromatic rings. The average Bonchev–Trinajstić information content (AvgIpc) is 2.65. The van der Waals surface area contributed by atoms with Crippen molar-refractivity contribution in [1.82, 2.24) is 5.32 Å². The summed E-state index contributed by atoms with van der Waals surface area (Å²) in [4.78, 5) is 12.1. The van der Waals surface area contributed by atoms with E-state index in [4.69, 9.17) is 4.74 Å². The van der Waals surface area contributed by atoms with Crippen LogP contribution in [0.15, 0.2) is 48.5 Å². The van der Waals surface area contributed by atoms with Crippen LogP contribution in [0.3, 0.4) is 0 Å². The molecule has 27 heavy (non-hydrogen) atoms. The molecule has 1 atom stereocenters. The van der Waals surface area contributed by atoms with Crippen LogP contribution in [0.1, 0.15) is 31.0 Å². The molecule has 2 rings (SSSR count). The van der Waals surface area contributed by atoms with Crippen molar-refractivity contribution in [1.29, 1.82) is 0 Å². The van der Waals surface area contributed by atoms with Crippen LogP contribution in [0.2, 0.25) is 0 Å². The first-order valence-electron chi connectivity index (χ1n) is 8.75. The number of aryl methyl sites for hydroxylation is 1. The minimum Gasteiger partial charge on any atom is -0.484 e. The molecule has 0 heterocycles. The Morgan fingerprint density at radius 3 is 2.22 bits per heavy atom. The summed E-state index contributed by atoms with van der Waals surface area (Å²) in [5.74, 6) is 0.273. The van der Waals surface area contributed by atoms with Crippen LogP contribution in [0, 0.1) is 0 Å². The summed E-state index contributed by atoms with van der Waals surface area (Å²) in [7, 11) is -1.83. The van der Waals surface area contributed by atoms with E-state index in [1.165, 1.54) is 16.9 Å². The molecule has 0 spiro atoms. The number of carbonyl (C=O) groups is 1. The number of nitrogens with one attached hydrogen (secondary N) is 1. The minimum atomic E-state index is -3.31. The predicted molar refractivity (Wildman–Crippen MR) is 108 cm³/mol. The molecule has 2 aromatic carbocycles. The summed E-state index contributed by atoms with van der Waals surface area (Å²) in [5.41, 5.74) is 2.82. The SMILES string of the molecule is CCc1ccc(C(C)NC(=O)COc2ccc(N(C)S(C)(=O)=O)cc2)cc1. The number of hydrogen-bond donors (Lipinski definition) is 1. The first kappa shape index (κ1) is 20.8. The van der Waals surface area contributed by atoms with Gasteiger partial charge in [0.2, 0.25) is 10.0 Å². The monoisotopic (exact) mass is 390 g/mol. The van der Waals surface area contributed by atoms with E-state index in [0.717, 1.165) is 18.2 Å². The molecule has 0 aromatic heterocycles. The van der Waals surface area contributed by atoms with Gasteiger partial charge in [-0.05, 0) is 48.7 Å². The van der Waals surface area contributed by atoms with E-state index in [1.54, 1.807) is 24.3 Å². The third-order valence-electron chi connectivity index (χ3n) is 4.33. The highest BCUT2D eigenvalue weighted by molar-refractivity contribution is 7.92. The molecule has 0 radical (unpaired) electrons. The minimum absolute atomic E-state index is 0.112. The fraction of sp³-hybridized carbons (Fsp3) is 0.350. The Balaban J connectivity index is 1.87. The van der Waals surface area contributed by atoms with E-state index in [0.29, 0.717) is 11.4 Å². The number of carbonyl (C=O) groups excluding carboxylic acids is 1. The summed E-state index contributed by atoms with van der Waals surface area (Å²) in [6.45, 7) is 3.91. The number of sulfonamides is 1. The van der Waals surface area contributed by atoms with Gasteiger partial charge in [-0.15, -0.1) is 0 Å². The van der Waals surface area contributed by atoms with Crippen molar-refractivity contribution in [2.24, 2.45) is 0 Å². The second-order valence-corrected chi connectivity index (χ2v) is 8.41. The number of benzene rings is 2. The highest BCUT2D eigenvalue weighted by Gasteiger charge is 2.13. The third-order valence-corrected chi connectivity index (χ3v) is 5.54. The molecule has 0 saturated heterocycles. The number of rotatable bonds is 8. The van der Waals surface area contributed by atoms with E-state index < -0.39 is 10.0 Å². The van der Waals surface area contributed by atoms with E-state index in [1.807, 2.05) is 19.1 Å². The Labute approximate surface area is 161 Å². The van der Waals surface area contributed by atoms with Crippen molar-refractivity contribution in [3.63, 3.8) is 0 Å². The largest absolute Gasteiger partial charge is 0.484 e. The Morgan fingerprint density at radius 1 is 1.11 bits per heavy atom. The molecule has 0 aliphatic heterocycles. The van der Waals surface area contributed by atoms with E-state index in [2.05, 4.69) is 24.4 Å². The maximum absolute atomic E-state index is 12.1. The summed E-state index contributed by atoms with van der Waals surface area (Å²) in [5, 5.41) is 2.90. The zero-order chi connectivity index (χ0) is 20.0. The average molecular weight is 391 g/mol. The molecule has 1 N–H and O–H groups in total. The molecule has 146 valence electrons. The van der Waals surface area contributed by atoms with Crippen molar-refractivity contribution in [2.75, 3.05) is 24.2 Å². The molecule has 6 nitrogen and oxygen atoms in total. The topological polar surface area (TPSA) is 75.7 Å². The fourth-order valence-electron chi connectivity index (χ4n) is 2.50. The maximum atomic E-state index is 12.1. The van der Waals surface area contributed by atoms with Crippen LogP contribution in [-0.2, 0) is 21.2 Å². The van der Waals surface area contributed by atoms with Gasteiger partial charge in [0.05, 0.1) is 18.0 Å². The van der Waals surface area contributed by atoms with Crippen LogP contribution < -0.4 is 14.4 Å². The van der Waals surface area contributed by atoms with Gasteiger partial charge in [-0.25, -0.2) is 8.42 Å².